The van der Waals surface area contributed by atoms with Gasteiger partial charge in [-0.3, -0.25) is 9.79 Å². The maximum atomic E-state index is 12.6. The van der Waals surface area contributed by atoms with Crippen molar-refractivity contribution in [1.82, 2.24) is 15.5 Å². The molecule has 1 saturated heterocycles. The quantitative estimate of drug-likeness (QED) is 0.361. The van der Waals surface area contributed by atoms with Crippen molar-refractivity contribution in [3.8, 4) is 0 Å². The molecule has 1 saturated carbocycles. The summed E-state index contributed by atoms with van der Waals surface area (Å²) in [4.78, 5) is 21.2. The van der Waals surface area contributed by atoms with Gasteiger partial charge in [-0.1, -0.05) is 25.0 Å². The van der Waals surface area contributed by atoms with Crippen LogP contribution in [0.25, 0.3) is 0 Å². The van der Waals surface area contributed by atoms with Crippen LogP contribution in [0.1, 0.15) is 43.2 Å². The molecular weight excluding hydrogens is 477 g/mol. The molecule has 0 aromatic heterocycles. The van der Waals surface area contributed by atoms with E-state index in [1.54, 1.807) is 7.05 Å². The molecule has 0 bridgehead atoms. The summed E-state index contributed by atoms with van der Waals surface area (Å²) >= 11 is 0. The lowest BCUT2D eigenvalue weighted by Crippen LogP contribution is -2.45. The number of carbonyl (C=O) groups is 1. The molecule has 6 nitrogen and oxygen atoms in total. The van der Waals surface area contributed by atoms with Gasteiger partial charge >= 0.3 is 0 Å². The summed E-state index contributed by atoms with van der Waals surface area (Å²) in [7, 11) is 5.94. The van der Waals surface area contributed by atoms with Crippen molar-refractivity contribution in [2.45, 2.75) is 51.6 Å². The van der Waals surface area contributed by atoms with E-state index in [0.717, 1.165) is 38.3 Å². The van der Waals surface area contributed by atoms with Crippen LogP contribution in [-0.2, 0) is 11.3 Å². The van der Waals surface area contributed by atoms with Crippen LogP contribution < -0.4 is 15.5 Å². The molecule has 3 rings (SSSR count). The minimum Gasteiger partial charge on any atom is -0.377 e. The number of carbonyl (C=O) groups excluding carboxylic acids is 1. The van der Waals surface area contributed by atoms with E-state index >= 15 is 0 Å². The number of benzene rings is 1. The molecule has 2 N–H and O–H groups in total. The fourth-order valence-electron chi connectivity index (χ4n) is 4.32. The highest BCUT2D eigenvalue weighted by Crippen LogP contribution is 2.28. The molecule has 29 heavy (non-hydrogen) atoms. The van der Waals surface area contributed by atoms with Gasteiger partial charge in [-0.05, 0) is 43.4 Å². The molecule has 1 aliphatic heterocycles. The van der Waals surface area contributed by atoms with Crippen LogP contribution in [0.2, 0.25) is 0 Å². The Morgan fingerprint density at radius 2 is 1.97 bits per heavy atom. The minimum atomic E-state index is 0. The monoisotopic (exact) mass is 513 g/mol. The van der Waals surface area contributed by atoms with Crippen LogP contribution in [-0.4, -0.2) is 57.0 Å². The molecule has 162 valence electrons. The zero-order valence-electron chi connectivity index (χ0n) is 18.2. The third-order valence-corrected chi connectivity index (χ3v) is 5.94. The first-order valence-electron chi connectivity index (χ1n) is 10.5. The van der Waals surface area contributed by atoms with Crippen LogP contribution in [0.4, 0.5) is 5.69 Å². The van der Waals surface area contributed by atoms with E-state index in [1.807, 2.05) is 4.90 Å². The van der Waals surface area contributed by atoms with Crippen molar-refractivity contribution in [2.24, 2.45) is 10.9 Å². The molecule has 1 aromatic carbocycles. The Balaban J connectivity index is 0.00000300. The van der Waals surface area contributed by atoms with Crippen LogP contribution in [0, 0.1) is 12.8 Å². The predicted molar refractivity (Wildman–Crippen MR) is 131 cm³/mol. The molecule has 1 atom stereocenters. The Morgan fingerprint density at radius 1 is 1.24 bits per heavy atom. The lowest BCUT2D eigenvalue weighted by molar-refractivity contribution is -0.134. The molecule has 2 aliphatic rings. The largest absolute Gasteiger partial charge is 0.377 e. The average Bonchev–Trinajstić information content (AvgIpc) is 3.37. The summed E-state index contributed by atoms with van der Waals surface area (Å²) in [6.07, 6.45) is 5.53. The van der Waals surface area contributed by atoms with Crippen molar-refractivity contribution in [1.29, 1.82) is 0 Å². The summed E-state index contributed by atoms with van der Waals surface area (Å²) < 4.78 is 0. The standard InChI is InChI=1S/C22H35N5O.HI/c1-16-9-10-18(20(13-16)26(3)4)14-24-22(23-2)25-19-11-12-27(15-19)21(28)17-7-5-6-8-17;/h9-10,13,17,19H,5-8,11-12,14-15H2,1-4H3,(H2,23,24,25);1H. The fraction of sp³-hybridized carbons (Fsp3) is 0.636. The SMILES string of the molecule is CN=C(NCc1ccc(C)cc1N(C)C)NC1CCN(C(=O)C2CCCC2)C1.I. The molecule has 1 amide bonds. The molecule has 2 fully saturated rings. The van der Waals surface area contributed by atoms with E-state index in [4.69, 9.17) is 0 Å². The summed E-state index contributed by atoms with van der Waals surface area (Å²) in [5.41, 5.74) is 3.72. The molecule has 1 unspecified atom stereocenters. The maximum Gasteiger partial charge on any atom is 0.225 e. The Kier molecular flexibility index (Phi) is 9.04. The normalized spacial score (nSPS) is 19.8. The van der Waals surface area contributed by atoms with Gasteiger partial charge in [0, 0.05) is 58.4 Å². The molecule has 1 heterocycles. The average molecular weight is 513 g/mol. The van der Waals surface area contributed by atoms with E-state index in [9.17, 15) is 4.79 Å². The maximum absolute atomic E-state index is 12.6. The van der Waals surface area contributed by atoms with Gasteiger partial charge in [0.1, 0.15) is 0 Å². The van der Waals surface area contributed by atoms with Crippen molar-refractivity contribution >= 4 is 41.5 Å². The Bertz CT molecular complexity index is 715. The number of likely N-dealkylation sites (tertiary alicyclic amines) is 1. The summed E-state index contributed by atoms with van der Waals surface area (Å²) in [5.74, 6) is 1.42. The summed E-state index contributed by atoms with van der Waals surface area (Å²) in [5, 5.41) is 6.94. The fourth-order valence-corrected chi connectivity index (χ4v) is 4.32. The van der Waals surface area contributed by atoms with Gasteiger partial charge in [0.15, 0.2) is 5.96 Å². The minimum absolute atomic E-state index is 0. The number of hydrogen-bond acceptors (Lipinski definition) is 3. The van der Waals surface area contributed by atoms with E-state index in [-0.39, 0.29) is 35.9 Å². The van der Waals surface area contributed by atoms with Gasteiger partial charge in [-0.25, -0.2) is 0 Å². The van der Waals surface area contributed by atoms with Crippen molar-refractivity contribution in [3.63, 3.8) is 0 Å². The second-order valence-corrected chi connectivity index (χ2v) is 8.35. The number of guanidine groups is 1. The summed E-state index contributed by atoms with van der Waals surface area (Å²) in [6, 6.07) is 6.78. The van der Waals surface area contributed by atoms with Gasteiger partial charge in [-0.15, -0.1) is 24.0 Å². The van der Waals surface area contributed by atoms with Crippen LogP contribution in [0.5, 0.6) is 0 Å². The third-order valence-electron chi connectivity index (χ3n) is 5.94. The van der Waals surface area contributed by atoms with Gasteiger partial charge < -0.3 is 20.4 Å². The van der Waals surface area contributed by atoms with Crippen molar-refractivity contribution in [2.75, 3.05) is 39.1 Å². The van der Waals surface area contributed by atoms with Crippen LogP contribution in [0.15, 0.2) is 23.2 Å². The number of anilines is 1. The first-order valence-corrected chi connectivity index (χ1v) is 10.5. The Morgan fingerprint density at radius 3 is 2.62 bits per heavy atom. The molecule has 7 heteroatoms. The second-order valence-electron chi connectivity index (χ2n) is 8.35. The molecule has 0 spiro atoms. The number of amides is 1. The topological polar surface area (TPSA) is 60.0 Å². The lowest BCUT2D eigenvalue weighted by atomic mass is 10.1. The highest BCUT2D eigenvalue weighted by atomic mass is 127. The second kappa shape index (κ2) is 11.0. The molecular formula is C22H36IN5O. The number of aliphatic imine (C=N–C) groups is 1. The Labute approximate surface area is 192 Å². The highest BCUT2D eigenvalue weighted by Gasteiger charge is 2.32. The number of halogens is 1. The van der Waals surface area contributed by atoms with E-state index in [2.05, 4.69) is 59.7 Å². The number of nitrogens with one attached hydrogen (secondary N) is 2. The van der Waals surface area contributed by atoms with Gasteiger partial charge in [-0.2, -0.15) is 0 Å². The number of hydrogen-bond donors (Lipinski definition) is 2. The molecule has 0 radical (unpaired) electrons. The predicted octanol–water partition coefficient (Wildman–Crippen LogP) is 3.14. The third kappa shape index (κ3) is 6.23. The highest BCUT2D eigenvalue weighted by molar-refractivity contribution is 14.0. The van der Waals surface area contributed by atoms with E-state index < -0.39 is 0 Å². The van der Waals surface area contributed by atoms with E-state index in [1.165, 1.54) is 29.7 Å². The molecule has 1 aliphatic carbocycles. The van der Waals surface area contributed by atoms with E-state index in [0.29, 0.717) is 12.5 Å². The van der Waals surface area contributed by atoms with Gasteiger partial charge in [0.25, 0.3) is 0 Å². The number of aryl methyl sites for hydroxylation is 1. The van der Waals surface area contributed by atoms with Crippen molar-refractivity contribution < 1.29 is 4.79 Å². The lowest BCUT2D eigenvalue weighted by Gasteiger charge is -2.22. The summed E-state index contributed by atoms with van der Waals surface area (Å²) in [6.45, 7) is 4.46. The Hall–Kier alpha value is -1.51. The number of rotatable bonds is 5. The van der Waals surface area contributed by atoms with Crippen LogP contribution in [0.3, 0.4) is 0 Å². The molecule has 1 aromatic rings. The smallest absolute Gasteiger partial charge is 0.225 e. The van der Waals surface area contributed by atoms with Crippen LogP contribution >= 0.6 is 24.0 Å². The van der Waals surface area contributed by atoms with Crippen molar-refractivity contribution in [3.05, 3.63) is 29.3 Å². The zero-order valence-corrected chi connectivity index (χ0v) is 20.5. The first kappa shape index (κ1) is 23.8. The number of nitrogens with zero attached hydrogens (tertiary/aromatic N) is 3. The zero-order chi connectivity index (χ0) is 20.1. The first-order chi connectivity index (χ1) is 13.5. The van der Waals surface area contributed by atoms with Gasteiger partial charge in [0.2, 0.25) is 5.91 Å². The van der Waals surface area contributed by atoms with Gasteiger partial charge in [0.05, 0.1) is 0 Å².